The van der Waals surface area contributed by atoms with Crippen LogP contribution in [0.1, 0.15) is 0 Å². The lowest BCUT2D eigenvalue weighted by atomic mass is 10.2. The molecule has 0 aromatic heterocycles. The van der Waals surface area contributed by atoms with E-state index in [4.69, 9.17) is 10.9 Å². The zero-order chi connectivity index (χ0) is 14.9. The molecule has 0 fully saturated rings. The summed E-state index contributed by atoms with van der Waals surface area (Å²) in [6.45, 7) is 0. The van der Waals surface area contributed by atoms with Crippen molar-refractivity contribution in [1.29, 1.82) is 0 Å². The Morgan fingerprint density at radius 3 is 2.30 bits per heavy atom. The van der Waals surface area contributed by atoms with Crippen LogP contribution in [0.5, 0.6) is 0 Å². The van der Waals surface area contributed by atoms with Gasteiger partial charge in [0.15, 0.2) is 0 Å². The highest BCUT2D eigenvalue weighted by molar-refractivity contribution is 9.10. The van der Waals surface area contributed by atoms with Crippen LogP contribution < -0.4 is 16.2 Å². The van der Waals surface area contributed by atoms with Crippen molar-refractivity contribution in [2.75, 3.05) is 11.1 Å². The first-order valence-corrected chi connectivity index (χ1v) is 7.76. The first-order valence-electron chi connectivity index (χ1n) is 5.42. The number of sulfonamides is 1. The van der Waals surface area contributed by atoms with Crippen LogP contribution >= 0.6 is 15.9 Å². The van der Waals surface area contributed by atoms with Crippen molar-refractivity contribution in [2.24, 2.45) is 5.14 Å². The van der Waals surface area contributed by atoms with Gasteiger partial charge in [-0.05, 0) is 36.4 Å². The number of halogens is 2. The fraction of sp³-hybridized carbons (Fsp3) is 0. The van der Waals surface area contributed by atoms with E-state index < -0.39 is 15.8 Å². The van der Waals surface area contributed by atoms with E-state index >= 15 is 0 Å². The zero-order valence-corrected chi connectivity index (χ0v) is 12.5. The Labute approximate surface area is 124 Å². The van der Waals surface area contributed by atoms with Crippen molar-refractivity contribution in [2.45, 2.75) is 4.90 Å². The molecule has 5 nitrogen and oxygen atoms in total. The SMILES string of the molecule is Nc1cc(S(N)(=O)=O)ccc1Nc1ccc(Br)cc1F. The molecule has 0 atom stereocenters. The molecule has 0 heterocycles. The van der Waals surface area contributed by atoms with E-state index in [-0.39, 0.29) is 16.3 Å². The molecular weight excluding hydrogens is 349 g/mol. The van der Waals surface area contributed by atoms with Gasteiger partial charge in [-0.15, -0.1) is 0 Å². The van der Waals surface area contributed by atoms with Crippen molar-refractivity contribution in [3.63, 3.8) is 0 Å². The summed E-state index contributed by atoms with van der Waals surface area (Å²) < 4.78 is 36.7. The number of nitrogens with two attached hydrogens (primary N) is 2. The van der Waals surface area contributed by atoms with Crippen molar-refractivity contribution < 1.29 is 12.8 Å². The molecule has 8 heteroatoms. The Hall–Kier alpha value is -1.64. The van der Waals surface area contributed by atoms with Gasteiger partial charge in [0, 0.05) is 4.47 Å². The first-order chi connectivity index (χ1) is 9.27. The molecule has 0 unspecified atom stereocenters. The first kappa shape index (κ1) is 14.8. The van der Waals surface area contributed by atoms with Crippen molar-refractivity contribution in [1.82, 2.24) is 0 Å². The molecule has 2 rings (SSSR count). The van der Waals surface area contributed by atoms with E-state index in [9.17, 15) is 12.8 Å². The minimum Gasteiger partial charge on any atom is -0.397 e. The maximum Gasteiger partial charge on any atom is 0.238 e. The standard InChI is InChI=1S/C12H11BrFN3O2S/c13-7-1-3-11(9(14)5-7)17-12-4-2-8(6-10(12)15)20(16,18)19/h1-6,17H,15H2,(H2,16,18,19). The number of benzene rings is 2. The highest BCUT2D eigenvalue weighted by atomic mass is 79.9. The van der Waals surface area contributed by atoms with Gasteiger partial charge in [-0.3, -0.25) is 0 Å². The van der Waals surface area contributed by atoms with Crippen molar-refractivity contribution >= 4 is 43.0 Å². The second-order valence-electron chi connectivity index (χ2n) is 4.04. The summed E-state index contributed by atoms with van der Waals surface area (Å²) in [5.41, 5.74) is 6.50. The molecule has 20 heavy (non-hydrogen) atoms. The monoisotopic (exact) mass is 359 g/mol. The molecule has 0 bridgehead atoms. The van der Waals surface area contributed by atoms with E-state index in [2.05, 4.69) is 21.2 Å². The molecule has 0 aliphatic carbocycles. The number of anilines is 3. The zero-order valence-electron chi connectivity index (χ0n) is 10.1. The molecule has 0 saturated carbocycles. The normalized spacial score (nSPS) is 11.3. The van der Waals surface area contributed by atoms with Gasteiger partial charge in [-0.1, -0.05) is 15.9 Å². The van der Waals surface area contributed by atoms with E-state index in [1.165, 1.54) is 30.3 Å². The average Bonchev–Trinajstić information content (AvgIpc) is 2.33. The van der Waals surface area contributed by atoms with E-state index in [1.807, 2.05) is 0 Å². The molecule has 0 aliphatic rings. The minimum atomic E-state index is -3.82. The molecule has 0 saturated heterocycles. The Morgan fingerprint density at radius 2 is 1.75 bits per heavy atom. The number of nitrogens with one attached hydrogen (secondary N) is 1. The Kier molecular flexibility index (Phi) is 3.98. The van der Waals surface area contributed by atoms with Crippen LogP contribution in [0.4, 0.5) is 21.5 Å². The smallest absolute Gasteiger partial charge is 0.238 e. The summed E-state index contributed by atoms with van der Waals surface area (Å²) in [4.78, 5) is -0.100. The fourth-order valence-corrected chi connectivity index (χ4v) is 2.45. The molecule has 0 spiro atoms. The van der Waals surface area contributed by atoms with Gasteiger partial charge in [0.2, 0.25) is 10.0 Å². The summed E-state index contributed by atoms with van der Waals surface area (Å²) in [6.07, 6.45) is 0. The number of hydrogen-bond acceptors (Lipinski definition) is 4. The lowest BCUT2D eigenvalue weighted by Crippen LogP contribution is -2.12. The largest absolute Gasteiger partial charge is 0.397 e. The van der Waals surface area contributed by atoms with Gasteiger partial charge >= 0.3 is 0 Å². The highest BCUT2D eigenvalue weighted by Gasteiger charge is 2.11. The van der Waals surface area contributed by atoms with Crippen LogP contribution in [0, 0.1) is 5.82 Å². The highest BCUT2D eigenvalue weighted by Crippen LogP contribution is 2.28. The fourth-order valence-electron chi connectivity index (χ4n) is 1.57. The summed E-state index contributed by atoms with van der Waals surface area (Å²) in [6, 6.07) is 8.44. The van der Waals surface area contributed by atoms with Crippen molar-refractivity contribution in [3.8, 4) is 0 Å². The molecule has 5 N–H and O–H groups in total. The maximum absolute atomic E-state index is 13.7. The third-order valence-electron chi connectivity index (χ3n) is 2.55. The van der Waals surface area contributed by atoms with E-state index in [1.54, 1.807) is 6.07 Å². The van der Waals surface area contributed by atoms with Gasteiger partial charge in [-0.25, -0.2) is 17.9 Å². The summed E-state index contributed by atoms with van der Waals surface area (Å²) in [5, 5.41) is 7.79. The van der Waals surface area contributed by atoms with Gasteiger partial charge in [0.05, 0.1) is 22.0 Å². The van der Waals surface area contributed by atoms with Crippen LogP contribution in [0.2, 0.25) is 0 Å². The Morgan fingerprint density at radius 1 is 1.10 bits per heavy atom. The van der Waals surface area contributed by atoms with Crippen LogP contribution in [-0.4, -0.2) is 8.42 Å². The van der Waals surface area contributed by atoms with Gasteiger partial charge in [0.25, 0.3) is 0 Å². The van der Waals surface area contributed by atoms with E-state index in [0.717, 1.165) is 0 Å². The molecule has 0 aliphatic heterocycles. The van der Waals surface area contributed by atoms with Crippen LogP contribution in [0.15, 0.2) is 45.8 Å². The number of rotatable bonds is 3. The molecule has 0 radical (unpaired) electrons. The third-order valence-corrected chi connectivity index (χ3v) is 3.96. The number of primary sulfonamides is 1. The number of hydrogen-bond donors (Lipinski definition) is 3. The van der Waals surface area contributed by atoms with Gasteiger partial charge < -0.3 is 11.1 Å². The van der Waals surface area contributed by atoms with Crippen LogP contribution in [0.3, 0.4) is 0 Å². The average molecular weight is 360 g/mol. The molecule has 2 aromatic carbocycles. The number of nitrogen functional groups attached to an aromatic ring is 1. The maximum atomic E-state index is 13.7. The topological polar surface area (TPSA) is 98.2 Å². The molecule has 2 aromatic rings. The van der Waals surface area contributed by atoms with Gasteiger partial charge in [0.1, 0.15) is 5.82 Å². The second-order valence-corrected chi connectivity index (χ2v) is 6.52. The quantitative estimate of drug-likeness (QED) is 0.733. The Bertz CT molecular complexity index is 765. The third kappa shape index (κ3) is 3.27. The summed E-state index contributed by atoms with van der Waals surface area (Å²) >= 11 is 3.15. The van der Waals surface area contributed by atoms with Crippen LogP contribution in [-0.2, 0) is 10.0 Å². The van der Waals surface area contributed by atoms with E-state index in [0.29, 0.717) is 10.2 Å². The van der Waals surface area contributed by atoms with Crippen LogP contribution in [0.25, 0.3) is 0 Å². The Balaban J connectivity index is 2.35. The lowest BCUT2D eigenvalue weighted by molar-refractivity contribution is 0.598. The molecular formula is C12H11BrFN3O2S. The molecule has 106 valence electrons. The predicted octanol–water partition coefficient (Wildman–Crippen LogP) is 2.56. The minimum absolute atomic E-state index is 0.100. The lowest BCUT2D eigenvalue weighted by Gasteiger charge is -2.11. The second kappa shape index (κ2) is 5.39. The summed E-state index contributed by atoms with van der Waals surface area (Å²) in [7, 11) is -3.82. The molecule has 0 amide bonds. The summed E-state index contributed by atoms with van der Waals surface area (Å²) in [5.74, 6) is -0.464. The van der Waals surface area contributed by atoms with Crippen molar-refractivity contribution in [3.05, 3.63) is 46.7 Å². The predicted molar refractivity (Wildman–Crippen MR) is 79.6 cm³/mol. The van der Waals surface area contributed by atoms with Gasteiger partial charge in [-0.2, -0.15) is 0 Å².